The summed E-state index contributed by atoms with van der Waals surface area (Å²) in [6.45, 7) is 0. The topological polar surface area (TPSA) is 65.0 Å². The fourth-order valence-corrected chi connectivity index (χ4v) is 5.88. The van der Waals surface area contributed by atoms with Crippen LogP contribution >= 0.6 is 0 Å². The van der Waals surface area contributed by atoms with Crippen LogP contribution in [0.4, 0.5) is 0 Å². The average Bonchev–Trinajstić information content (AvgIpc) is 3.67. The van der Waals surface area contributed by atoms with Gasteiger partial charge in [0.2, 0.25) is 5.89 Å². The molecule has 0 spiro atoms. The van der Waals surface area contributed by atoms with Gasteiger partial charge >= 0.3 is 0 Å². The van der Waals surface area contributed by atoms with Crippen molar-refractivity contribution in [3.05, 3.63) is 127 Å². The van der Waals surface area contributed by atoms with Gasteiger partial charge in [0.25, 0.3) is 0 Å². The third kappa shape index (κ3) is 3.47. The van der Waals surface area contributed by atoms with Crippen LogP contribution in [0.5, 0.6) is 0 Å². The van der Waals surface area contributed by atoms with Gasteiger partial charge in [-0.05, 0) is 53.9 Å². The van der Waals surface area contributed by atoms with Crippen LogP contribution in [0.15, 0.2) is 136 Å². The molecule has 5 heteroatoms. The fourth-order valence-electron chi connectivity index (χ4n) is 5.88. The quantitative estimate of drug-likeness (QED) is 0.224. The molecule has 0 amide bonds. The van der Waals surface area contributed by atoms with E-state index in [0.29, 0.717) is 17.3 Å². The highest BCUT2D eigenvalue weighted by Gasteiger charge is 2.18. The molecule has 9 aromatic rings. The molecule has 0 unspecified atom stereocenters. The van der Waals surface area contributed by atoms with E-state index in [0.717, 1.165) is 71.5 Å². The van der Waals surface area contributed by atoms with Crippen LogP contribution in [0.25, 0.3) is 88.8 Å². The molecule has 0 aliphatic rings. The number of aromatic nitrogens is 3. The molecule has 0 fully saturated rings. The molecule has 9 rings (SSSR count). The van der Waals surface area contributed by atoms with Gasteiger partial charge in [-0.15, -0.1) is 0 Å². The molecule has 0 N–H and O–H groups in total. The Kier molecular flexibility index (Phi) is 4.83. The molecule has 0 bridgehead atoms. The van der Waals surface area contributed by atoms with Crippen LogP contribution in [-0.4, -0.2) is 15.0 Å². The smallest absolute Gasteiger partial charge is 0.227 e. The Bertz CT molecular complexity index is 2460. The Balaban J connectivity index is 1.21. The van der Waals surface area contributed by atoms with Gasteiger partial charge in [0.1, 0.15) is 5.58 Å². The van der Waals surface area contributed by atoms with Crippen LogP contribution in [0.1, 0.15) is 0 Å². The first-order valence-corrected chi connectivity index (χ1v) is 13.9. The summed E-state index contributed by atoms with van der Waals surface area (Å²) in [6.07, 6.45) is 0. The van der Waals surface area contributed by atoms with E-state index in [1.807, 2.05) is 72.8 Å². The lowest BCUT2D eigenvalue weighted by Crippen LogP contribution is -1.95. The molecule has 0 saturated heterocycles. The minimum Gasteiger partial charge on any atom is -0.453 e. The lowest BCUT2D eigenvalue weighted by molar-refractivity contribution is 0.620. The normalized spacial score (nSPS) is 11.8. The van der Waals surface area contributed by atoms with Crippen LogP contribution in [-0.2, 0) is 0 Å². The largest absolute Gasteiger partial charge is 0.453 e. The lowest BCUT2D eigenvalue weighted by Gasteiger charge is -2.10. The highest BCUT2D eigenvalue weighted by atomic mass is 16.4. The summed E-state index contributed by atoms with van der Waals surface area (Å²) in [5.74, 6) is 1.27. The van der Waals surface area contributed by atoms with Gasteiger partial charge in [0.05, 0.1) is 11.2 Å². The predicted octanol–water partition coefficient (Wildman–Crippen LogP) is 9.82. The molecule has 0 aliphatic carbocycles. The maximum atomic E-state index is 6.55. The highest BCUT2D eigenvalue weighted by molar-refractivity contribution is 6.19. The second-order valence-electron chi connectivity index (χ2n) is 10.4. The molecule has 0 radical (unpaired) electrons. The number of furan rings is 1. The second kappa shape index (κ2) is 8.85. The highest BCUT2D eigenvalue weighted by Crippen LogP contribution is 2.39. The number of nitrogens with zero attached hydrogens (tertiary/aromatic N) is 3. The first-order chi connectivity index (χ1) is 20.8. The van der Waals surface area contributed by atoms with Crippen molar-refractivity contribution in [2.24, 2.45) is 0 Å². The van der Waals surface area contributed by atoms with Gasteiger partial charge in [-0.2, -0.15) is 0 Å². The zero-order valence-corrected chi connectivity index (χ0v) is 22.3. The maximum absolute atomic E-state index is 6.55. The molecular weight excluding hydrogens is 518 g/mol. The number of fused-ring (bicyclic) bond motifs is 8. The maximum Gasteiger partial charge on any atom is 0.227 e. The van der Waals surface area contributed by atoms with Crippen LogP contribution in [0.2, 0.25) is 0 Å². The van der Waals surface area contributed by atoms with E-state index < -0.39 is 0 Å². The van der Waals surface area contributed by atoms with Crippen molar-refractivity contribution in [3.63, 3.8) is 0 Å². The first kappa shape index (κ1) is 22.9. The van der Waals surface area contributed by atoms with Gasteiger partial charge in [0.15, 0.2) is 22.5 Å². The third-order valence-electron chi connectivity index (χ3n) is 7.91. The standard InChI is InChI=1S/C37H21N3O2/c1-3-9-22(10-4-1)32-29-13-7-8-14-30(29)38-36(39-32)25-16-17-26-24(21-25)15-18-27-28-19-20-31-33(35(28)42-34(26)27)40-37(41-31)23-11-5-2-6-12-23/h1-21H. The molecule has 196 valence electrons. The summed E-state index contributed by atoms with van der Waals surface area (Å²) in [5.41, 5.74) is 7.79. The van der Waals surface area contributed by atoms with Crippen molar-refractivity contribution in [2.75, 3.05) is 0 Å². The van der Waals surface area contributed by atoms with Crippen molar-refractivity contribution in [1.82, 2.24) is 15.0 Å². The molecule has 3 aromatic heterocycles. The first-order valence-electron chi connectivity index (χ1n) is 13.9. The molecule has 0 aliphatic heterocycles. The summed E-state index contributed by atoms with van der Waals surface area (Å²) in [4.78, 5) is 14.8. The molecule has 5 nitrogen and oxygen atoms in total. The van der Waals surface area contributed by atoms with Gasteiger partial charge in [-0.25, -0.2) is 15.0 Å². The SMILES string of the molecule is c1ccc(-c2nc3c(ccc4c5ccc6cc(-c7nc(-c8ccccc8)c8ccccc8n7)ccc6c5oc43)o2)cc1. The molecule has 42 heavy (non-hydrogen) atoms. The molecule has 0 saturated carbocycles. The predicted molar refractivity (Wildman–Crippen MR) is 168 cm³/mol. The minimum absolute atomic E-state index is 0.582. The number of benzene rings is 6. The number of hydrogen-bond donors (Lipinski definition) is 0. The summed E-state index contributed by atoms with van der Waals surface area (Å²) < 4.78 is 12.7. The number of hydrogen-bond acceptors (Lipinski definition) is 5. The van der Waals surface area contributed by atoms with Crippen molar-refractivity contribution >= 4 is 54.7 Å². The van der Waals surface area contributed by atoms with E-state index in [9.17, 15) is 0 Å². The average molecular weight is 540 g/mol. The molecule has 0 atom stereocenters. The monoisotopic (exact) mass is 539 g/mol. The van der Waals surface area contributed by atoms with Crippen LogP contribution in [0.3, 0.4) is 0 Å². The van der Waals surface area contributed by atoms with E-state index in [1.165, 1.54) is 0 Å². The van der Waals surface area contributed by atoms with Gasteiger partial charge in [0, 0.05) is 38.2 Å². The van der Waals surface area contributed by atoms with Crippen LogP contribution in [0, 0.1) is 0 Å². The molecule has 6 aromatic carbocycles. The van der Waals surface area contributed by atoms with Crippen LogP contribution < -0.4 is 0 Å². The zero-order chi connectivity index (χ0) is 27.6. The van der Waals surface area contributed by atoms with Gasteiger partial charge in [-0.1, -0.05) is 78.9 Å². The third-order valence-corrected chi connectivity index (χ3v) is 7.91. The summed E-state index contributed by atoms with van der Waals surface area (Å²) >= 11 is 0. The fraction of sp³-hybridized carbons (Fsp3) is 0. The van der Waals surface area contributed by atoms with Gasteiger partial charge in [-0.3, -0.25) is 0 Å². The Labute approximate surface area is 239 Å². The number of rotatable bonds is 3. The van der Waals surface area contributed by atoms with Crippen molar-refractivity contribution in [1.29, 1.82) is 0 Å². The Morgan fingerprint density at radius 3 is 2.02 bits per heavy atom. The Morgan fingerprint density at radius 2 is 1.17 bits per heavy atom. The summed E-state index contributed by atoms with van der Waals surface area (Å²) in [6, 6.07) is 43.0. The summed E-state index contributed by atoms with van der Waals surface area (Å²) in [7, 11) is 0. The van der Waals surface area contributed by atoms with E-state index in [2.05, 4.69) is 54.6 Å². The lowest BCUT2D eigenvalue weighted by atomic mass is 10.0. The summed E-state index contributed by atoms with van der Waals surface area (Å²) in [5, 5.41) is 5.17. The Morgan fingerprint density at radius 1 is 0.452 bits per heavy atom. The molecule has 3 heterocycles. The van der Waals surface area contributed by atoms with E-state index in [1.54, 1.807) is 0 Å². The second-order valence-corrected chi connectivity index (χ2v) is 10.4. The van der Waals surface area contributed by atoms with Crippen molar-refractivity contribution in [3.8, 4) is 34.1 Å². The zero-order valence-electron chi connectivity index (χ0n) is 22.3. The van der Waals surface area contributed by atoms with E-state index >= 15 is 0 Å². The van der Waals surface area contributed by atoms with E-state index in [4.69, 9.17) is 23.8 Å². The van der Waals surface area contributed by atoms with Gasteiger partial charge < -0.3 is 8.83 Å². The minimum atomic E-state index is 0.582. The molecular formula is C37H21N3O2. The number of oxazole rings is 1. The van der Waals surface area contributed by atoms with Crippen molar-refractivity contribution < 1.29 is 8.83 Å². The number of para-hydroxylation sites is 1. The van der Waals surface area contributed by atoms with E-state index in [-0.39, 0.29) is 0 Å². The van der Waals surface area contributed by atoms with Crippen molar-refractivity contribution in [2.45, 2.75) is 0 Å². The Hall–Kier alpha value is -5.81.